The maximum absolute atomic E-state index is 10.5. The van der Waals surface area contributed by atoms with Crippen molar-refractivity contribution in [3.05, 3.63) is 27.3 Å². The van der Waals surface area contributed by atoms with E-state index in [1.807, 2.05) is 0 Å². The highest BCUT2D eigenvalue weighted by atomic mass is 35.5. The van der Waals surface area contributed by atoms with E-state index in [0.29, 0.717) is 0 Å². The lowest BCUT2D eigenvalue weighted by atomic mass is 10.2. The lowest BCUT2D eigenvalue weighted by molar-refractivity contribution is -0.386. The summed E-state index contributed by atoms with van der Waals surface area (Å²) in [4.78, 5) is 9.83. The summed E-state index contributed by atoms with van der Waals surface area (Å²) in [6.45, 7) is 3.48. The number of halogens is 1. The number of benzene rings is 1. The molecule has 0 saturated heterocycles. The predicted octanol–water partition coefficient (Wildman–Crippen LogP) is 2.74. The number of ether oxygens (including phenoxy) is 1. The highest BCUT2D eigenvalue weighted by Gasteiger charge is 2.20. The van der Waals surface area contributed by atoms with Crippen LogP contribution in [0.2, 0.25) is 5.02 Å². The van der Waals surface area contributed by atoms with E-state index in [1.165, 1.54) is 6.07 Å². The molecule has 0 radical (unpaired) electrons. The summed E-state index contributed by atoms with van der Waals surface area (Å²) in [5.74, 6) is -0.484. The molecule has 15 heavy (non-hydrogen) atoms. The van der Waals surface area contributed by atoms with E-state index >= 15 is 0 Å². The molecule has 5 nitrogen and oxygen atoms in total. The number of rotatable bonds is 3. The van der Waals surface area contributed by atoms with Crippen LogP contribution in [-0.2, 0) is 0 Å². The van der Waals surface area contributed by atoms with Crippen molar-refractivity contribution in [2.45, 2.75) is 20.0 Å². The summed E-state index contributed by atoms with van der Waals surface area (Å²) >= 11 is 5.65. The first-order valence-corrected chi connectivity index (χ1v) is 4.63. The van der Waals surface area contributed by atoms with Crippen LogP contribution in [-0.4, -0.2) is 16.1 Å². The van der Waals surface area contributed by atoms with Gasteiger partial charge in [0.1, 0.15) is 0 Å². The molecule has 0 bridgehead atoms. The zero-order valence-corrected chi connectivity index (χ0v) is 8.99. The number of nitro groups is 1. The molecule has 1 N–H and O–H groups in total. The first kappa shape index (κ1) is 11.6. The Labute approximate surface area is 91.4 Å². The van der Waals surface area contributed by atoms with E-state index in [-0.39, 0.29) is 16.9 Å². The average Bonchev–Trinajstić information content (AvgIpc) is 2.09. The fourth-order valence-electron chi connectivity index (χ4n) is 1.04. The van der Waals surface area contributed by atoms with Crippen LogP contribution < -0.4 is 4.74 Å². The fourth-order valence-corrected chi connectivity index (χ4v) is 1.25. The quantitative estimate of drug-likeness (QED) is 0.641. The molecule has 82 valence electrons. The Balaban J connectivity index is 3.22. The highest BCUT2D eigenvalue weighted by Crippen LogP contribution is 2.38. The molecule has 0 saturated carbocycles. The largest absolute Gasteiger partial charge is 0.500 e. The zero-order chi connectivity index (χ0) is 11.6. The molecule has 6 heteroatoms. The van der Waals surface area contributed by atoms with Crippen LogP contribution >= 0.6 is 11.6 Å². The third kappa shape index (κ3) is 2.73. The van der Waals surface area contributed by atoms with Gasteiger partial charge in [-0.25, -0.2) is 0 Å². The minimum atomic E-state index is -0.714. The van der Waals surface area contributed by atoms with Gasteiger partial charge in [0.05, 0.1) is 16.0 Å². The molecule has 0 heterocycles. The Morgan fingerprint density at radius 3 is 2.60 bits per heavy atom. The molecule has 0 aliphatic heterocycles. The maximum Gasteiger partial charge on any atom is 0.316 e. The number of hydrogen-bond donors (Lipinski definition) is 1. The Kier molecular flexibility index (Phi) is 3.36. The van der Waals surface area contributed by atoms with Crippen LogP contribution in [0.25, 0.3) is 0 Å². The van der Waals surface area contributed by atoms with Crippen molar-refractivity contribution in [3.8, 4) is 11.5 Å². The maximum atomic E-state index is 10.5. The average molecular weight is 232 g/mol. The topological polar surface area (TPSA) is 72.6 Å². The van der Waals surface area contributed by atoms with E-state index in [1.54, 1.807) is 13.8 Å². The van der Waals surface area contributed by atoms with Gasteiger partial charge in [0.25, 0.3) is 0 Å². The Hall–Kier alpha value is -1.49. The molecule has 0 aromatic heterocycles. The van der Waals surface area contributed by atoms with E-state index in [0.717, 1.165) is 6.07 Å². The van der Waals surface area contributed by atoms with Gasteiger partial charge in [-0.2, -0.15) is 0 Å². The van der Waals surface area contributed by atoms with Gasteiger partial charge in [-0.15, -0.1) is 0 Å². The van der Waals surface area contributed by atoms with Gasteiger partial charge >= 0.3 is 5.69 Å². The van der Waals surface area contributed by atoms with Crippen molar-refractivity contribution >= 4 is 17.3 Å². The van der Waals surface area contributed by atoms with Crippen molar-refractivity contribution in [2.24, 2.45) is 0 Å². The smallest absolute Gasteiger partial charge is 0.316 e. The van der Waals surface area contributed by atoms with E-state index in [2.05, 4.69) is 0 Å². The molecular formula is C9H10ClNO4. The molecule has 0 fully saturated rings. The van der Waals surface area contributed by atoms with Gasteiger partial charge in [0.2, 0.25) is 5.75 Å². The lowest BCUT2D eigenvalue weighted by Gasteiger charge is -2.11. The van der Waals surface area contributed by atoms with Gasteiger partial charge in [-0.3, -0.25) is 10.1 Å². The highest BCUT2D eigenvalue weighted by molar-refractivity contribution is 6.31. The number of phenolic OH excluding ortho intramolecular Hbond substituents is 1. The molecule has 1 aromatic carbocycles. The molecular weight excluding hydrogens is 222 g/mol. The van der Waals surface area contributed by atoms with E-state index < -0.39 is 16.4 Å². The second kappa shape index (κ2) is 4.35. The molecule has 0 amide bonds. The van der Waals surface area contributed by atoms with Crippen LogP contribution in [0.15, 0.2) is 12.1 Å². The number of nitrogens with zero attached hydrogens (tertiary/aromatic N) is 1. The second-order valence-electron chi connectivity index (χ2n) is 3.20. The molecule has 0 aliphatic rings. The zero-order valence-electron chi connectivity index (χ0n) is 8.23. The van der Waals surface area contributed by atoms with Crippen molar-refractivity contribution < 1.29 is 14.8 Å². The standard InChI is InChI=1S/C9H10ClNO4/c1-5(2)15-8-4-6(10)3-7(9(8)12)11(13)14/h3-5,12H,1-2H3. The third-order valence-corrected chi connectivity index (χ3v) is 1.80. The van der Waals surface area contributed by atoms with Crippen molar-refractivity contribution in [1.29, 1.82) is 0 Å². The van der Waals surface area contributed by atoms with Gasteiger partial charge < -0.3 is 9.84 Å². The Morgan fingerprint density at radius 1 is 1.53 bits per heavy atom. The van der Waals surface area contributed by atoms with Crippen LogP contribution in [0.5, 0.6) is 11.5 Å². The van der Waals surface area contributed by atoms with Gasteiger partial charge in [0.15, 0.2) is 5.75 Å². The van der Waals surface area contributed by atoms with E-state index in [9.17, 15) is 15.2 Å². The molecule has 0 aliphatic carbocycles. The summed E-state index contributed by atoms with van der Waals surface area (Å²) in [5, 5.41) is 20.2. The SMILES string of the molecule is CC(C)Oc1cc(Cl)cc([N+](=O)[O-])c1O. The third-order valence-electron chi connectivity index (χ3n) is 1.58. The summed E-state index contributed by atoms with van der Waals surface area (Å²) in [6, 6.07) is 2.41. The minimum Gasteiger partial charge on any atom is -0.500 e. The van der Waals surface area contributed by atoms with Crippen molar-refractivity contribution in [3.63, 3.8) is 0 Å². The number of nitro benzene ring substituents is 1. The van der Waals surface area contributed by atoms with Crippen molar-refractivity contribution in [2.75, 3.05) is 0 Å². The van der Waals surface area contributed by atoms with Crippen LogP contribution in [0.3, 0.4) is 0 Å². The van der Waals surface area contributed by atoms with Gasteiger partial charge in [0, 0.05) is 12.1 Å². The summed E-state index contributed by atoms with van der Waals surface area (Å²) in [6.07, 6.45) is -0.200. The number of aromatic hydroxyl groups is 1. The van der Waals surface area contributed by atoms with Crippen LogP contribution in [0.1, 0.15) is 13.8 Å². The van der Waals surface area contributed by atoms with Crippen LogP contribution in [0.4, 0.5) is 5.69 Å². The monoisotopic (exact) mass is 231 g/mol. The van der Waals surface area contributed by atoms with E-state index in [4.69, 9.17) is 16.3 Å². The van der Waals surface area contributed by atoms with Gasteiger partial charge in [-0.1, -0.05) is 11.6 Å². The first-order chi connectivity index (χ1) is 6.91. The fraction of sp³-hybridized carbons (Fsp3) is 0.333. The summed E-state index contributed by atoms with van der Waals surface area (Å²) in [5.41, 5.74) is -0.460. The number of hydrogen-bond acceptors (Lipinski definition) is 4. The predicted molar refractivity (Wildman–Crippen MR) is 55.5 cm³/mol. The Bertz CT molecular complexity index is 392. The van der Waals surface area contributed by atoms with Crippen molar-refractivity contribution in [1.82, 2.24) is 0 Å². The molecule has 1 rings (SSSR count). The number of phenols is 1. The second-order valence-corrected chi connectivity index (χ2v) is 3.63. The normalized spacial score (nSPS) is 10.4. The molecule has 1 aromatic rings. The first-order valence-electron chi connectivity index (χ1n) is 4.25. The molecule has 0 spiro atoms. The Morgan fingerprint density at radius 2 is 2.13 bits per heavy atom. The minimum absolute atomic E-state index is 0.0178. The van der Waals surface area contributed by atoms with Crippen LogP contribution in [0, 0.1) is 10.1 Å². The summed E-state index contributed by atoms with van der Waals surface area (Å²) in [7, 11) is 0. The summed E-state index contributed by atoms with van der Waals surface area (Å²) < 4.78 is 5.18. The molecule has 0 atom stereocenters. The van der Waals surface area contributed by atoms with Gasteiger partial charge in [-0.05, 0) is 13.8 Å². The lowest BCUT2D eigenvalue weighted by Crippen LogP contribution is -2.06. The molecule has 0 unspecified atom stereocenters.